The fraction of sp³-hybridized carbons (Fsp3) is 0.385. The van der Waals surface area contributed by atoms with E-state index >= 15 is 0 Å². The van der Waals surface area contributed by atoms with E-state index in [2.05, 4.69) is 15.3 Å². The summed E-state index contributed by atoms with van der Waals surface area (Å²) in [6.07, 6.45) is 2.43. The van der Waals surface area contributed by atoms with Gasteiger partial charge in [0.1, 0.15) is 5.82 Å². The van der Waals surface area contributed by atoms with Crippen LogP contribution in [0.5, 0.6) is 0 Å². The van der Waals surface area contributed by atoms with Gasteiger partial charge in [0.2, 0.25) is 5.91 Å². The highest BCUT2D eigenvalue weighted by Crippen LogP contribution is 2.21. The lowest BCUT2D eigenvalue weighted by atomic mass is 9.94. The smallest absolute Gasteiger partial charge is 0.220 e. The topological polar surface area (TPSA) is 57.8 Å². The number of aromatic nitrogens is 2. The molecule has 0 saturated carbocycles. The number of hydrogen-bond donors (Lipinski definition) is 2. The molecule has 18 heavy (non-hydrogen) atoms. The molecule has 5 heteroatoms. The molecule has 0 spiro atoms. The monoisotopic (exact) mass is 263 g/mol. The number of H-pyrrole nitrogens is 1. The number of aromatic amines is 1. The summed E-state index contributed by atoms with van der Waals surface area (Å²) in [6.45, 7) is 0.773. The summed E-state index contributed by atoms with van der Waals surface area (Å²) in [5.74, 6) is 1.46. The summed E-state index contributed by atoms with van der Waals surface area (Å²) < 4.78 is 0. The average Bonchev–Trinajstić information content (AvgIpc) is 2.70. The standard InChI is InChI=1S/C13H14ClN3O/c14-9-1-2-10-11(7-9)17-12(16-10)5-8-3-4-15-13(18)6-8/h1-2,7-8H,3-6H2,(H,15,18)(H,16,17). The maximum absolute atomic E-state index is 11.3. The second-order valence-corrected chi connectivity index (χ2v) is 5.19. The lowest BCUT2D eigenvalue weighted by Crippen LogP contribution is -2.34. The molecule has 2 N–H and O–H groups in total. The van der Waals surface area contributed by atoms with Gasteiger partial charge >= 0.3 is 0 Å². The van der Waals surface area contributed by atoms with Gasteiger partial charge in [0.05, 0.1) is 11.0 Å². The van der Waals surface area contributed by atoms with E-state index in [4.69, 9.17) is 11.6 Å². The van der Waals surface area contributed by atoms with Gasteiger partial charge < -0.3 is 10.3 Å². The van der Waals surface area contributed by atoms with E-state index in [9.17, 15) is 4.79 Å². The number of nitrogens with zero attached hydrogens (tertiary/aromatic N) is 1. The number of fused-ring (bicyclic) bond motifs is 1. The van der Waals surface area contributed by atoms with Gasteiger partial charge in [0.15, 0.2) is 0 Å². The first-order chi connectivity index (χ1) is 8.70. The Balaban J connectivity index is 1.80. The van der Waals surface area contributed by atoms with Crippen LogP contribution < -0.4 is 5.32 Å². The quantitative estimate of drug-likeness (QED) is 0.873. The fourth-order valence-electron chi connectivity index (χ4n) is 2.43. The van der Waals surface area contributed by atoms with Crippen molar-refractivity contribution < 1.29 is 4.79 Å². The number of piperidine rings is 1. The number of amides is 1. The molecule has 2 heterocycles. The molecule has 3 rings (SSSR count). The average molecular weight is 264 g/mol. The van der Waals surface area contributed by atoms with Gasteiger partial charge in [0.25, 0.3) is 0 Å². The first-order valence-corrected chi connectivity index (χ1v) is 6.49. The Hall–Kier alpha value is -1.55. The summed E-state index contributed by atoms with van der Waals surface area (Å²) in [6, 6.07) is 5.62. The minimum Gasteiger partial charge on any atom is -0.356 e. The van der Waals surface area contributed by atoms with E-state index in [-0.39, 0.29) is 5.91 Å². The van der Waals surface area contributed by atoms with Crippen molar-refractivity contribution in [3.05, 3.63) is 29.0 Å². The molecule has 1 aromatic carbocycles. The highest BCUT2D eigenvalue weighted by Gasteiger charge is 2.20. The van der Waals surface area contributed by atoms with Crippen LogP contribution in [0.15, 0.2) is 18.2 Å². The summed E-state index contributed by atoms with van der Waals surface area (Å²) in [4.78, 5) is 19.1. The van der Waals surface area contributed by atoms with Crippen LogP contribution in [-0.4, -0.2) is 22.4 Å². The molecule has 2 aromatic rings. The fourth-order valence-corrected chi connectivity index (χ4v) is 2.60. The molecule has 1 amide bonds. The summed E-state index contributed by atoms with van der Waals surface area (Å²) >= 11 is 5.94. The lowest BCUT2D eigenvalue weighted by Gasteiger charge is -2.20. The van der Waals surface area contributed by atoms with Gasteiger partial charge in [-0.15, -0.1) is 0 Å². The van der Waals surface area contributed by atoms with Gasteiger partial charge in [-0.05, 0) is 30.5 Å². The van der Waals surface area contributed by atoms with Gasteiger partial charge in [-0.2, -0.15) is 0 Å². The highest BCUT2D eigenvalue weighted by molar-refractivity contribution is 6.31. The maximum atomic E-state index is 11.3. The molecule has 0 aliphatic carbocycles. The van der Waals surface area contributed by atoms with Crippen molar-refractivity contribution in [2.75, 3.05) is 6.54 Å². The largest absolute Gasteiger partial charge is 0.356 e. The molecule has 1 unspecified atom stereocenters. The van der Waals surface area contributed by atoms with E-state index < -0.39 is 0 Å². The van der Waals surface area contributed by atoms with Crippen LogP contribution in [-0.2, 0) is 11.2 Å². The van der Waals surface area contributed by atoms with Crippen LogP contribution >= 0.6 is 11.6 Å². The first-order valence-electron chi connectivity index (χ1n) is 6.11. The van der Waals surface area contributed by atoms with E-state index in [1.807, 2.05) is 18.2 Å². The summed E-state index contributed by atoms with van der Waals surface area (Å²) in [5.41, 5.74) is 1.88. The third kappa shape index (κ3) is 2.34. The molecule has 1 aliphatic heterocycles. The maximum Gasteiger partial charge on any atom is 0.220 e. The van der Waals surface area contributed by atoms with Crippen molar-refractivity contribution >= 4 is 28.5 Å². The lowest BCUT2D eigenvalue weighted by molar-refractivity contribution is -0.123. The second-order valence-electron chi connectivity index (χ2n) is 4.76. The molecule has 0 bridgehead atoms. The molecular weight excluding hydrogens is 250 g/mol. The molecular formula is C13H14ClN3O. The number of rotatable bonds is 2. The van der Waals surface area contributed by atoms with E-state index in [1.54, 1.807) is 0 Å². The van der Waals surface area contributed by atoms with Crippen molar-refractivity contribution in [2.24, 2.45) is 5.92 Å². The molecule has 0 radical (unpaired) electrons. The van der Waals surface area contributed by atoms with E-state index in [0.29, 0.717) is 17.4 Å². The Bertz CT molecular complexity index is 593. The van der Waals surface area contributed by atoms with Crippen LogP contribution in [0.2, 0.25) is 5.02 Å². The van der Waals surface area contributed by atoms with E-state index in [1.165, 1.54) is 0 Å². The Morgan fingerprint density at radius 3 is 3.17 bits per heavy atom. The Morgan fingerprint density at radius 2 is 2.33 bits per heavy atom. The van der Waals surface area contributed by atoms with Gasteiger partial charge in [-0.3, -0.25) is 4.79 Å². The molecule has 4 nitrogen and oxygen atoms in total. The zero-order valence-electron chi connectivity index (χ0n) is 9.87. The minimum absolute atomic E-state index is 0.144. The number of benzene rings is 1. The van der Waals surface area contributed by atoms with Crippen LogP contribution in [0, 0.1) is 5.92 Å². The number of imidazole rings is 1. The highest BCUT2D eigenvalue weighted by atomic mass is 35.5. The van der Waals surface area contributed by atoms with Crippen LogP contribution in [0.1, 0.15) is 18.7 Å². The number of nitrogens with one attached hydrogen (secondary N) is 2. The Morgan fingerprint density at radius 1 is 1.44 bits per heavy atom. The second kappa shape index (κ2) is 4.61. The SMILES string of the molecule is O=C1CC(Cc2nc3ccc(Cl)cc3[nH]2)CCN1. The first kappa shape index (κ1) is 11.5. The Kier molecular flexibility index (Phi) is 2.96. The molecule has 1 aromatic heterocycles. The van der Waals surface area contributed by atoms with Gasteiger partial charge in [-0.1, -0.05) is 11.6 Å². The van der Waals surface area contributed by atoms with Crippen molar-refractivity contribution in [3.8, 4) is 0 Å². The van der Waals surface area contributed by atoms with Gasteiger partial charge in [-0.25, -0.2) is 4.98 Å². The molecule has 1 fully saturated rings. The number of carbonyl (C=O) groups is 1. The van der Waals surface area contributed by atoms with Crippen molar-refractivity contribution in [1.29, 1.82) is 0 Å². The summed E-state index contributed by atoms with van der Waals surface area (Å²) in [5, 5.41) is 3.55. The number of halogens is 1. The van der Waals surface area contributed by atoms with Crippen molar-refractivity contribution in [3.63, 3.8) is 0 Å². The van der Waals surface area contributed by atoms with Crippen molar-refractivity contribution in [2.45, 2.75) is 19.3 Å². The molecule has 1 aliphatic rings. The number of carbonyl (C=O) groups excluding carboxylic acids is 1. The van der Waals surface area contributed by atoms with Crippen LogP contribution in [0.4, 0.5) is 0 Å². The Labute approximate surface area is 110 Å². The number of hydrogen-bond acceptors (Lipinski definition) is 2. The molecule has 94 valence electrons. The third-order valence-electron chi connectivity index (χ3n) is 3.32. The normalized spacial score (nSPS) is 20.1. The summed E-state index contributed by atoms with van der Waals surface area (Å²) in [7, 11) is 0. The predicted molar refractivity (Wildman–Crippen MR) is 70.5 cm³/mol. The molecule has 1 saturated heterocycles. The molecule has 1 atom stereocenters. The van der Waals surface area contributed by atoms with Crippen LogP contribution in [0.3, 0.4) is 0 Å². The van der Waals surface area contributed by atoms with E-state index in [0.717, 1.165) is 36.2 Å². The van der Waals surface area contributed by atoms with Crippen molar-refractivity contribution in [1.82, 2.24) is 15.3 Å². The zero-order valence-corrected chi connectivity index (χ0v) is 10.6. The minimum atomic E-state index is 0.144. The third-order valence-corrected chi connectivity index (χ3v) is 3.56. The van der Waals surface area contributed by atoms with Gasteiger partial charge in [0, 0.05) is 24.4 Å². The van der Waals surface area contributed by atoms with Crippen LogP contribution in [0.25, 0.3) is 11.0 Å². The predicted octanol–water partition coefficient (Wildman–Crippen LogP) is 2.28. The zero-order chi connectivity index (χ0) is 12.5.